The van der Waals surface area contributed by atoms with Gasteiger partial charge in [-0.1, -0.05) is 6.42 Å². The molecular weight excluding hydrogens is 312 g/mol. The molecule has 1 amide bonds. The van der Waals surface area contributed by atoms with Crippen molar-refractivity contribution in [3.8, 4) is 0 Å². The third-order valence-electron chi connectivity index (χ3n) is 3.97. The van der Waals surface area contributed by atoms with Crippen LogP contribution in [-0.2, 0) is 0 Å². The van der Waals surface area contributed by atoms with Gasteiger partial charge in [-0.15, -0.1) is 11.3 Å². The molecule has 0 aliphatic carbocycles. The summed E-state index contributed by atoms with van der Waals surface area (Å²) in [7, 11) is 0. The molecule has 5 heteroatoms. The van der Waals surface area contributed by atoms with Gasteiger partial charge in [-0.05, 0) is 53.9 Å². The van der Waals surface area contributed by atoms with Gasteiger partial charge in [0.1, 0.15) is 0 Å². The van der Waals surface area contributed by atoms with Crippen LogP contribution in [0.1, 0.15) is 35.4 Å². The van der Waals surface area contributed by atoms with E-state index in [4.69, 9.17) is 0 Å². The summed E-state index contributed by atoms with van der Waals surface area (Å²) in [6.07, 6.45) is 4.95. The Hall–Kier alpha value is -0.390. The van der Waals surface area contributed by atoms with Gasteiger partial charge < -0.3 is 5.32 Å². The van der Waals surface area contributed by atoms with Crippen LogP contribution in [0.4, 0.5) is 0 Å². The molecule has 3 rings (SSSR count). The molecule has 0 saturated carbocycles. The summed E-state index contributed by atoms with van der Waals surface area (Å²) in [6, 6.07) is 4.74. The Bertz CT molecular complexity index is 448. The van der Waals surface area contributed by atoms with Crippen molar-refractivity contribution in [3.63, 3.8) is 0 Å². The quantitative estimate of drug-likeness (QED) is 0.905. The van der Waals surface area contributed by atoms with Crippen molar-refractivity contribution in [1.82, 2.24) is 10.2 Å². The minimum absolute atomic E-state index is 0.0862. The van der Waals surface area contributed by atoms with Gasteiger partial charge in [0.15, 0.2) is 0 Å². The molecule has 2 aliphatic rings. The fourth-order valence-electron chi connectivity index (χ4n) is 3.09. The van der Waals surface area contributed by atoms with Gasteiger partial charge in [-0.25, -0.2) is 0 Å². The van der Waals surface area contributed by atoms with Crippen molar-refractivity contribution in [2.75, 3.05) is 13.1 Å². The first kappa shape index (κ1) is 12.6. The lowest BCUT2D eigenvalue weighted by molar-refractivity contribution is 0.0919. The van der Waals surface area contributed by atoms with E-state index in [9.17, 15) is 4.79 Å². The fraction of sp³-hybridized carbons (Fsp3) is 0.615. The Morgan fingerprint density at radius 1 is 1.33 bits per heavy atom. The number of hydrogen-bond donors (Lipinski definition) is 1. The van der Waals surface area contributed by atoms with Crippen LogP contribution in [0.25, 0.3) is 0 Å². The van der Waals surface area contributed by atoms with Crippen LogP contribution in [0.5, 0.6) is 0 Å². The monoisotopic (exact) mass is 328 g/mol. The Kier molecular flexibility index (Phi) is 3.73. The molecule has 1 aromatic rings. The van der Waals surface area contributed by atoms with Gasteiger partial charge in [0.2, 0.25) is 0 Å². The molecular formula is C13H17BrN2OS. The third kappa shape index (κ3) is 2.49. The number of nitrogens with zero attached hydrogens (tertiary/aromatic N) is 1. The molecule has 0 radical (unpaired) electrons. The van der Waals surface area contributed by atoms with Crippen LogP contribution < -0.4 is 5.32 Å². The van der Waals surface area contributed by atoms with E-state index in [2.05, 4.69) is 26.1 Å². The molecule has 0 unspecified atom stereocenters. The highest BCUT2D eigenvalue weighted by molar-refractivity contribution is 9.11. The van der Waals surface area contributed by atoms with Gasteiger partial charge in [0, 0.05) is 18.6 Å². The molecule has 1 aromatic heterocycles. The molecule has 2 atom stereocenters. The molecule has 3 heterocycles. The van der Waals surface area contributed by atoms with Crippen LogP contribution in [0.3, 0.4) is 0 Å². The second-order valence-electron chi connectivity index (χ2n) is 5.07. The first-order valence-corrected chi connectivity index (χ1v) is 8.15. The lowest BCUT2D eigenvalue weighted by atomic mass is 9.99. The molecule has 0 bridgehead atoms. The molecule has 2 aliphatic heterocycles. The van der Waals surface area contributed by atoms with Crippen molar-refractivity contribution < 1.29 is 4.79 Å². The first-order valence-electron chi connectivity index (χ1n) is 6.54. The minimum Gasteiger partial charge on any atom is -0.347 e. The normalized spacial score (nSPS) is 28.1. The van der Waals surface area contributed by atoms with E-state index in [1.807, 2.05) is 12.1 Å². The maximum atomic E-state index is 12.1. The average Bonchev–Trinajstić information content (AvgIpc) is 2.97. The lowest BCUT2D eigenvalue weighted by Gasteiger charge is -2.32. The van der Waals surface area contributed by atoms with E-state index in [0.717, 1.165) is 21.6 Å². The minimum atomic E-state index is 0.0862. The van der Waals surface area contributed by atoms with Crippen molar-refractivity contribution in [2.24, 2.45) is 0 Å². The Balaban J connectivity index is 1.64. The van der Waals surface area contributed by atoms with Crippen LogP contribution in [-0.4, -0.2) is 36.0 Å². The Morgan fingerprint density at radius 3 is 3.00 bits per heavy atom. The Morgan fingerprint density at radius 2 is 2.22 bits per heavy atom. The first-order chi connectivity index (χ1) is 8.74. The van der Waals surface area contributed by atoms with Crippen LogP contribution in [0.15, 0.2) is 15.9 Å². The molecule has 0 aromatic carbocycles. The number of fused-ring (bicyclic) bond motifs is 1. The maximum Gasteiger partial charge on any atom is 0.261 e. The van der Waals surface area contributed by atoms with E-state index in [1.165, 1.54) is 37.1 Å². The number of hydrogen-bond acceptors (Lipinski definition) is 3. The molecule has 98 valence electrons. The predicted molar refractivity (Wildman–Crippen MR) is 77.1 cm³/mol. The summed E-state index contributed by atoms with van der Waals surface area (Å²) in [5.74, 6) is 0.0862. The van der Waals surface area contributed by atoms with Crippen LogP contribution >= 0.6 is 27.3 Å². The standard InChI is InChI=1S/C13H17BrN2OS/c14-12-5-4-11(18-12)13(17)15-9-6-8-16-7-2-1-3-10(9)16/h4-5,9-10H,1-3,6-8H2,(H,15,17)/t9-,10+/m0/s1. The van der Waals surface area contributed by atoms with E-state index in [0.29, 0.717) is 12.1 Å². The maximum absolute atomic E-state index is 12.1. The predicted octanol–water partition coefficient (Wildman–Crippen LogP) is 2.87. The van der Waals surface area contributed by atoms with Crippen molar-refractivity contribution in [2.45, 2.75) is 37.8 Å². The highest BCUT2D eigenvalue weighted by Gasteiger charge is 2.36. The zero-order valence-electron chi connectivity index (χ0n) is 10.2. The smallest absolute Gasteiger partial charge is 0.261 e. The lowest BCUT2D eigenvalue weighted by Crippen LogP contribution is -2.46. The summed E-state index contributed by atoms with van der Waals surface area (Å²) in [5, 5.41) is 3.22. The second kappa shape index (κ2) is 5.31. The highest BCUT2D eigenvalue weighted by Crippen LogP contribution is 2.28. The highest BCUT2D eigenvalue weighted by atomic mass is 79.9. The van der Waals surface area contributed by atoms with Gasteiger partial charge in [0.05, 0.1) is 8.66 Å². The number of carbonyl (C=O) groups excluding carboxylic acids is 1. The summed E-state index contributed by atoms with van der Waals surface area (Å²) < 4.78 is 1.01. The number of thiophene rings is 1. The van der Waals surface area contributed by atoms with Crippen molar-refractivity contribution >= 4 is 33.2 Å². The molecule has 1 N–H and O–H groups in total. The number of halogens is 1. The van der Waals surface area contributed by atoms with Gasteiger partial charge >= 0.3 is 0 Å². The van der Waals surface area contributed by atoms with Crippen LogP contribution in [0, 0.1) is 0 Å². The van der Waals surface area contributed by atoms with Crippen LogP contribution in [0.2, 0.25) is 0 Å². The number of piperidine rings is 1. The summed E-state index contributed by atoms with van der Waals surface area (Å²) in [6.45, 7) is 2.35. The van der Waals surface area contributed by atoms with E-state index in [-0.39, 0.29) is 5.91 Å². The molecule has 18 heavy (non-hydrogen) atoms. The number of carbonyl (C=O) groups is 1. The summed E-state index contributed by atoms with van der Waals surface area (Å²) in [4.78, 5) is 15.5. The van der Waals surface area contributed by atoms with E-state index in [1.54, 1.807) is 0 Å². The average molecular weight is 329 g/mol. The number of amides is 1. The zero-order chi connectivity index (χ0) is 12.5. The van der Waals surface area contributed by atoms with Crippen molar-refractivity contribution in [3.05, 3.63) is 20.8 Å². The number of nitrogens with one attached hydrogen (secondary N) is 1. The van der Waals surface area contributed by atoms with E-state index >= 15 is 0 Å². The fourth-order valence-corrected chi connectivity index (χ4v) is 4.38. The second-order valence-corrected chi connectivity index (χ2v) is 7.53. The summed E-state index contributed by atoms with van der Waals surface area (Å²) in [5.41, 5.74) is 0. The van der Waals surface area contributed by atoms with Gasteiger partial charge in [0.25, 0.3) is 5.91 Å². The Labute approximate surface area is 120 Å². The number of rotatable bonds is 2. The molecule has 3 nitrogen and oxygen atoms in total. The largest absolute Gasteiger partial charge is 0.347 e. The van der Waals surface area contributed by atoms with Gasteiger partial charge in [-0.2, -0.15) is 0 Å². The summed E-state index contributed by atoms with van der Waals surface area (Å²) >= 11 is 4.90. The van der Waals surface area contributed by atoms with Crippen molar-refractivity contribution in [1.29, 1.82) is 0 Å². The molecule has 0 spiro atoms. The molecule has 2 saturated heterocycles. The molecule has 2 fully saturated rings. The third-order valence-corrected chi connectivity index (χ3v) is 5.59. The topological polar surface area (TPSA) is 32.3 Å². The SMILES string of the molecule is O=C(N[C@H]1CCN2CCCC[C@H]12)c1ccc(Br)s1. The van der Waals surface area contributed by atoms with E-state index < -0.39 is 0 Å². The zero-order valence-corrected chi connectivity index (χ0v) is 12.6. The van der Waals surface area contributed by atoms with Gasteiger partial charge in [-0.3, -0.25) is 9.69 Å².